The molecule has 1 fully saturated rings. The van der Waals surface area contributed by atoms with E-state index in [-0.39, 0.29) is 5.95 Å². The van der Waals surface area contributed by atoms with Gasteiger partial charge < -0.3 is 10.6 Å². The molecule has 0 aliphatic carbocycles. The summed E-state index contributed by atoms with van der Waals surface area (Å²) in [6.45, 7) is 5.81. The van der Waals surface area contributed by atoms with Crippen molar-refractivity contribution in [3.05, 3.63) is 17.5 Å². The molecule has 2 aromatic rings. The molecule has 0 unspecified atom stereocenters. The van der Waals surface area contributed by atoms with Crippen LogP contribution in [-0.4, -0.2) is 38.0 Å². The van der Waals surface area contributed by atoms with Gasteiger partial charge in [0.1, 0.15) is 0 Å². The lowest BCUT2D eigenvalue weighted by atomic mass is 10.4. The molecular weight excluding hydrogens is 286 g/mol. The van der Waals surface area contributed by atoms with Gasteiger partial charge in [0.15, 0.2) is 5.16 Å². The largest absolute Gasteiger partial charge is 0.368 e. The SMILES string of the molecule is Cc1cc(C)nc(Sc2nc(N)nc(N3CCCC3)n2)n1. The topological polar surface area (TPSA) is 93.7 Å². The second kappa shape index (κ2) is 5.80. The summed E-state index contributed by atoms with van der Waals surface area (Å²) in [6, 6.07) is 1.93. The van der Waals surface area contributed by atoms with E-state index in [1.165, 1.54) is 11.8 Å². The van der Waals surface area contributed by atoms with E-state index < -0.39 is 0 Å². The maximum absolute atomic E-state index is 5.80. The average Bonchev–Trinajstić information content (AvgIpc) is 2.90. The number of aromatic nitrogens is 5. The van der Waals surface area contributed by atoms with Crippen LogP contribution in [0.1, 0.15) is 24.2 Å². The van der Waals surface area contributed by atoms with Gasteiger partial charge in [0.05, 0.1) is 0 Å². The number of hydrogen-bond acceptors (Lipinski definition) is 8. The molecule has 2 aromatic heterocycles. The molecule has 7 nitrogen and oxygen atoms in total. The molecule has 0 amide bonds. The summed E-state index contributed by atoms with van der Waals surface area (Å²) in [7, 11) is 0. The maximum Gasteiger partial charge on any atom is 0.231 e. The van der Waals surface area contributed by atoms with Crippen molar-refractivity contribution in [1.82, 2.24) is 24.9 Å². The van der Waals surface area contributed by atoms with Crippen molar-refractivity contribution in [2.75, 3.05) is 23.7 Å². The molecular formula is C13H17N7S. The maximum atomic E-state index is 5.80. The first-order valence-electron chi connectivity index (χ1n) is 6.87. The molecule has 0 atom stereocenters. The highest BCUT2D eigenvalue weighted by molar-refractivity contribution is 7.99. The summed E-state index contributed by atoms with van der Waals surface area (Å²) < 4.78 is 0. The minimum absolute atomic E-state index is 0.235. The van der Waals surface area contributed by atoms with E-state index in [4.69, 9.17) is 5.73 Å². The molecule has 21 heavy (non-hydrogen) atoms. The van der Waals surface area contributed by atoms with Gasteiger partial charge in [0, 0.05) is 24.5 Å². The Balaban J connectivity index is 1.87. The number of rotatable bonds is 3. The van der Waals surface area contributed by atoms with Crippen LogP contribution in [0, 0.1) is 13.8 Å². The third kappa shape index (κ3) is 3.38. The van der Waals surface area contributed by atoms with E-state index in [1.54, 1.807) is 0 Å². The first kappa shape index (κ1) is 14.0. The Labute approximate surface area is 127 Å². The Morgan fingerprint density at radius 2 is 1.57 bits per heavy atom. The molecule has 0 radical (unpaired) electrons. The zero-order valence-corrected chi connectivity index (χ0v) is 12.9. The fraction of sp³-hybridized carbons (Fsp3) is 0.462. The molecule has 0 aromatic carbocycles. The highest BCUT2D eigenvalue weighted by atomic mass is 32.2. The van der Waals surface area contributed by atoms with Gasteiger partial charge in [-0.15, -0.1) is 0 Å². The van der Waals surface area contributed by atoms with E-state index in [0.717, 1.165) is 37.3 Å². The Hall–Kier alpha value is -1.96. The van der Waals surface area contributed by atoms with Crippen molar-refractivity contribution < 1.29 is 0 Å². The second-order valence-corrected chi connectivity index (χ2v) is 5.94. The summed E-state index contributed by atoms with van der Waals surface area (Å²) in [5, 5.41) is 1.17. The summed E-state index contributed by atoms with van der Waals surface area (Å²) in [5.74, 6) is 0.880. The van der Waals surface area contributed by atoms with Crippen molar-refractivity contribution in [2.24, 2.45) is 0 Å². The third-order valence-electron chi connectivity index (χ3n) is 3.15. The Morgan fingerprint density at radius 3 is 2.24 bits per heavy atom. The molecule has 0 saturated carbocycles. The van der Waals surface area contributed by atoms with Gasteiger partial charge in [-0.2, -0.15) is 15.0 Å². The van der Waals surface area contributed by atoms with E-state index in [1.807, 2.05) is 19.9 Å². The average molecular weight is 303 g/mol. The minimum Gasteiger partial charge on any atom is -0.368 e. The quantitative estimate of drug-likeness (QED) is 0.855. The van der Waals surface area contributed by atoms with Gasteiger partial charge >= 0.3 is 0 Å². The lowest BCUT2D eigenvalue weighted by Crippen LogP contribution is -2.21. The van der Waals surface area contributed by atoms with Crippen LogP contribution < -0.4 is 10.6 Å². The molecule has 0 spiro atoms. The van der Waals surface area contributed by atoms with Crippen LogP contribution in [0.15, 0.2) is 16.4 Å². The zero-order chi connectivity index (χ0) is 14.8. The number of hydrogen-bond donors (Lipinski definition) is 1. The van der Waals surface area contributed by atoms with Gasteiger partial charge in [-0.3, -0.25) is 0 Å². The lowest BCUT2D eigenvalue weighted by Gasteiger charge is -2.15. The summed E-state index contributed by atoms with van der Waals surface area (Å²) >= 11 is 1.31. The summed E-state index contributed by atoms with van der Waals surface area (Å²) in [6.07, 6.45) is 2.32. The smallest absolute Gasteiger partial charge is 0.231 e. The van der Waals surface area contributed by atoms with Gasteiger partial charge in [-0.05, 0) is 44.5 Å². The minimum atomic E-state index is 0.235. The third-order valence-corrected chi connectivity index (χ3v) is 3.88. The fourth-order valence-electron chi connectivity index (χ4n) is 2.29. The van der Waals surface area contributed by atoms with Crippen molar-refractivity contribution in [1.29, 1.82) is 0 Å². The molecule has 1 aliphatic heterocycles. The van der Waals surface area contributed by atoms with E-state index in [2.05, 4.69) is 29.8 Å². The van der Waals surface area contributed by atoms with Crippen LogP contribution in [0.5, 0.6) is 0 Å². The van der Waals surface area contributed by atoms with Crippen molar-refractivity contribution >= 4 is 23.7 Å². The van der Waals surface area contributed by atoms with Crippen LogP contribution in [0.4, 0.5) is 11.9 Å². The Kier molecular flexibility index (Phi) is 3.87. The van der Waals surface area contributed by atoms with E-state index in [9.17, 15) is 0 Å². The van der Waals surface area contributed by atoms with Gasteiger partial charge in [-0.1, -0.05) is 0 Å². The normalized spacial score (nSPS) is 14.7. The molecule has 8 heteroatoms. The Morgan fingerprint density at radius 1 is 0.952 bits per heavy atom. The first-order valence-corrected chi connectivity index (χ1v) is 7.68. The fourth-order valence-corrected chi connectivity index (χ4v) is 3.10. The number of nitrogens with two attached hydrogens (primary N) is 1. The van der Waals surface area contributed by atoms with Crippen LogP contribution in [-0.2, 0) is 0 Å². The second-order valence-electron chi connectivity index (χ2n) is 5.01. The van der Waals surface area contributed by atoms with Gasteiger partial charge in [0.25, 0.3) is 0 Å². The van der Waals surface area contributed by atoms with Crippen molar-refractivity contribution in [3.8, 4) is 0 Å². The molecule has 3 rings (SSSR count). The van der Waals surface area contributed by atoms with Gasteiger partial charge in [0.2, 0.25) is 17.1 Å². The summed E-state index contributed by atoms with van der Waals surface area (Å²) in [4.78, 5) is 23.8. The van der Waals surface area contributed by atoms with E-state index >= 15 is 0 Å². The van der Waals surface area contributed by atoms with Crippen LogP contribution >= 0.6 is 11.8 Å². The van der Waals surface area contributed by atoms with Crippen molar-refractivity contribution in [3.63, 3.8) is 0 Å². The number of nitrogens with zero attached hydrogens (tertiary/aromatic N) is 6. The number of anilines is 2. The lowest BCUT2D eigenvalue weighted by molar-refractivity contribution is 0.827. The van der Waals surface area contributed by atoms with E-state index in [0.29, 0.717) is 16.3 Å². The molecule has 1 saturated heterocycles. The molecule has 1 aliphatic rings. The number of nitrogen functional groups attached to an aromatic ring is 1. The predicted molar refractivity (Wildman–Crippen MR) is 81.3 cm³/mol. The number of aryl methyl sites for hydroxylation is 2. The monoisotopic (exact) mass is 303 g/mol. The molecule has 0 bridgehead atoms. The molecule has 2 N–H and O–H groups in total. The predicted octanol–water partition coefficient (Wildman–Crippen LogP) is 1.61. The first-order chi connectivity index (χ1) is 10.1. The zero-order valence-electron chi connectivity index (χ0n) is 12.1. The standard InChI is InChI=1S/C13H17N7S/c1-8-7-9(2)16-12(15-8)21-13-18-10(14)17-11(19-13)20-5-3-4-6-20/h7H,3-6H2,1-2H3,(H2,14,17,18,19). The molecule has 110 valence electrons. The highest BCUT2D eigenvalue weighted by Gasteiger charge is 2.17. The van der Waals surface area contributed by atoms with Crippen LogP contribution in [0.3, 0.4) is 0 Å². The summed E-state index contributed by atoms with van der Waals surface area (Å²) in [5.41, 5.74) is 7.64. The molecule has 3 heterocycles. The Bertz CT molecular complexity index is 635. The van der Waals surface area contributed by atoms with Gasteiger partial charge in [-0.25, -0.2) is 9.97 Å². The van der Waals surface area contributed by atoms with Crippen LogP contribution in [0.25, 0.3) is 0 Å². The highest BCUT2D eigenvalue weighted by Crippen LogP contribution is 2.24. The van der Waals surface area contributed by atoms with Crippen LogP contribution in [0.2, 0.25) is 0 Å². The van der Waals surface area contributed by atoms with Crippen molar-refractivity contribution in [2.45, 2.75) is 37.0 Å².